The number of fused-ring (bicyclic) bond motifs is 11. The Bertz CT molecular complexity index is 3330. The molecule has 0 N–H and O–H groups in total. The topological polar surface area (TPSA) is 26.3 Å². The van der Waals surface area contributed by atoms with Gasteiger partial charge < -0.3 is 8.83 Å². The first-order chi connectivity index (χ1) is 26.8. The van der Waals surface area contributed by atoms with Crippen LogP contribution in [0.15, 0.2) is 191 Å². The SMILES string of the molecule is c1ccc2c(c1)cc(-c1c3cccc(-c4cccc5oc6ccccc6c45)c3cc3c(-c4cccc5oc6ccccc6c45)cccc13)c1ccccc12. The normalized spacial score (nSPS) is 12.1. The zero-order valence-electron chi connectivity index (χ0n) is 29.1. The van der Waals surface area contributed by atoms with Crippen LogP contribution in [0.4, 0.5) is 0 Å². The minimum Gasteiger partial charge on any atom is -0.456 e. The van der Waals surface area contributed by atoms with Gasteiger partial charge in [-0.2, -0.15) is 0 Å². The van der Waals surface area contributed by atoms with Crippen molar-refractivity contribution in [2.45, 2.75) is 0 Å². The highest BCUT2D eigenvalue weighted by Crippen LogP contribution is 2.48. The monoisotopic (exact) mass is 686 g/mol. The highest BCUT2D eigenvalue weighted by molar-refractivity contribution is 6.26. The van der Waals surface area contributed by atoms with Crippen LogP contribution in [0.1, 0.15) is 0 Å². The summed E-state index contributed by atoms with van der Waals surface area (Å²) in [5.74, 6) is 0. The summed E-state index contributed by atoms with van der Waals surface area (Å²) >= 11 is 0. The van der Waals surface area contributed by atoms with Gasteiger partial charge >= 0.3 is 0 Å². The van der Waals surface area contributed by atoms with E-state index in [1.165, 1.54) is 65.3 Å². The lowest BCUT2D eigenvalue weighted by atomic mass is 9.83. The van der Waals surface area contributed by atoms with Crippen molar-refractivity contribution < 1.29 is 8.83 Å². The molecule has 0 bridgehead atoms. The minimum atomic E-state index is 0.895. The first kappa shape index (κ1) is 29.4. The summed E-state index contributed by atoms with van der Waals surface area (Å²) in [6, 6.07) is 65.7. The highest BCUT2D eigenvalue weighted by Gasteiger charge is 2.21. The molecule has 2 heterocycles. The Hall–Kier alpha value is -7.16. The second kappa shape index (κ2) is 11.2. The fourth-order valence-corrected chi connectivity index (χ4v) is 9.19. The Morgan fingerprint density at radius 1 is 0.241 bits per heavy atom. The van der Waals surface area contributed by atoms with Crippen molar-refractivity contribution in [1.29, 1.82) is 0 Å². The van der Waals surface area contributed by atoms with Crippen LogP contribution in [-0.2, 0) is 0 Å². The maximum absolute atomic E-state index is 6.42. The number of furan rings is 2. The Morgan fingerprint density at radius 3 is 1.26 bits per heavy atom. The highest BCUT2D eigenvalue weighted by atomic mass is 16.3. The molecule has 10 aromatic carbocycles. The maximum atomic E-state index is 6.42. The van der Waals surface area contributed by atoms with Crippen LogP contribution in [0.3, 0.4) is 0 Å². The molecular weight excluding hydrogens is 657 g/mol. The van der Waals surface area contributed by atoms with E-state index in [-0.39, 0.29) is 0 Å². The van der Waals surface area contributed by atoms with Crippen LogP contribution in [0.5, 0.6) is 0 Å². The molecule has 0 spiro atoms. The van der Waals surface area contributed by atoms with Gasteiger partial charge in [0.1, 0.15) is 22.3 Å². The molecule has 0 aliphatic heterocycles. The number of hydrogen-bond donors (Lipinski definition) is 0. The smallest absolute Gasteiger partial charge is 0.136 e. The number of hydrogen-bond acceptors (Lipinski definition) is 2. The van der Waals surface area contributed by atoms with Crippen LogP contribution < -0.4 is 0 Å². The summed E-state index contributed by atoms with van der Waals surface area (Å²) in [5, 5.41) is 14.4. The van der Waals surface area contributed by atoms with Gasteiger partial charge in [0, 0.05) is 21.5 Å². The van der Waals surface area contributed by atoms with Crippen LogP contribution in [0, 0.1) is 0 Å². The van der Waals surface area contributed by atoms with Gasteiger partial charge in [0.25, 0.3) is 0 Å². The lowest BCUT2D eigenvalue weighted by Crippen LogP contribution is -1.92. The summed E-state index contributed by atoms with van der Waals surface area (Å²) < 4.78 is 12.8. The first-order valence-corrected chi connectivity index (χ1v) is 18.5. The molecule has 0 aliphatic carbocycles. The van der Waals surface area contributed by atoms with Crippen molar-refractivity contribution in [2.75, 3.05) is 0 Å². The van der Waals surface area contributed by atoms with Gasteiger partial charge in [-0.3, -0.25) is 0 Å². The number of para-hydroxylation sites is 2. The average Bonchev–Trinajstić information content (AvgIpc) is 3.81. The van der Waals surface area contributed by atoms with Gasteiger partial charge in [0.15, 0.2) is 0 Å². The van der Waals surface area contributed by atoms with E-state index in [4.69, 9.17) is 8.83 Å². The Labute approximate surface area is 310 Å². The first-order valence-electron chi connectivity index (χ1n) is 18.5. The molecular formula is C52H30O2. The predicted octanol–water partition coefficient (Wildman–Crippen LogP) is 15.1. The molecule has 2 aromatic heterocycles. The molecule has 12 aromatic rings. The molecule has 0 aliphatic rings. The molecule has 0 unspecified atom stereocenters. The van der Waals surface area contributed by atoms with E-state index in [0.717, 1.165) is 55.0 Å². The molecule has 12 rings (SSSR count). The van der Waals surface area contributed by atoms with E-state index in [1.54, 1.807) is 0 Å². The molecule has 2 heteroatoms. The Morgan fingerprint density at radius 2 is 0.667 bits per heavy atom. The second-order valence-corrected chi connectivity index (χ2v) is 14.3. The van der Waals surface area contributed by atoms with E-state index in [1.807, 2.05) is 12.1 Å². The van der Waals surface area contributed by atoms with Gasteiger partial charge in [-0.1, -0.05) is 146 Å². The van der Waals surface area contributed by atoms with Crippen molar-refractivity contribution in [3.8, 4) is 33.4 Å². The summed E-state index contributed by atoms with van der Waals surface area (Å²) in [6.07, 6.45) is 0. The molecule has 0 fully saturated rings. The number of rotatable bonds is 3. The zero-order valence-corrected chi connectivity index (χ0v) is 29.1. The van der Waals surface area contributed by atoms with Gasteiger partial charge in [0.05, 0.1) is 0 Å². The third-order valence-corrected chi connectivity index (χ3v) is 11.5. The van der Waals surface area contributed by atoms with Crippen molar-refractivity contribution in [3.63, 3.8) is 0 Å². The number of benzene rings is 10. The molecule has 0 atom stereocenters. The van der Waals surface area contributed by atoms with E-state index in [9.17, 15) is 0 Å². The Kier molecular flexibility index (Phi) is 6.09. The lowest BCUT2D eigenvalue weighted by molar-refractivity contribution is 0.668. The minimum absolute atomic E-state index is 0.895. The van der Waals surface area contributed by atoms with Crippen LogP contribution in [0.25, 0.3) is 120 Å². The van der Waals surface area contributed by atoms with E-state index >= 15 is 0 Å². The summed E-state index contributed by atoms with van der Waals surface area (Å²) in [6.45, 7) is 0. The van der Waals surface area contributed by atoms with Crippen LogP contribution >= 0.6 is 0 Å². The van der Waals surface area contributed by atoms with E-state index < -0.39 is 0 Å². The van der Waals surface area contributed by atoms with Gasteiger partial charge in [-0.25, -0.2) is 0 Å². The van der Waals surface area contributed by atoms with Crippen LogP contribution in [0.2, 0.25) is 0 Å². The molecule has 0 saturated carbocycles. The average molecular weight is 687 g/mol. The fraction of sp³-hybridized carbons (Fsp3) is 0. The third-order valence-electron chi connectivity index (χ3n) is 11.5. The summed E-state index contributed by atoms with van der Waals surface area (Å²) in [5.41, 5.74) is 10.7. The quantitative estimate of drug-likeness (QED) is 0.137. The maximum Gasteiger partial charge on any atom is 0.136 e. The van der Waals surface area contributed by atoms with Crippen LogP contribution in [-0.4, -0.2) is 0 Å². The van der Waals surface area contributed by atoms with Gasteiger partial charge in [0.2, 0.25) is 0 Å². The fourth-order valence-electron chi connectivity index (χ4n) is 9.19. The van der Waals surface area contributed by atoms with Crippen molar-refractivity contribution in [2.24, 2.45) is 0 Å². The summed E-state index contributed by atoms with van der Waals surface area (Å²) in [7, 11) is 0. The van der Waals surface area contributed by atoms with Gasteiger partial charge in [-0.05, 0) is 113 Å². The molecule has 2 nitrogen and oxygen atoms in total. The molecule has 54 heavy (non-hydrogen) atoms. The lowest BCUT2D eigenvalue weighted by Gasteiger charge is -2.19. The molecule has 0 amide bonds. The zero-order chi connectivity index (χ0) is 35.3. The van der Waals surface area contributed by atoms with Gasteiger partial charge in [-0.15, -0.1) is 0 Å². The molecule has 0 radical (unpaired) electrons. The molecule has 0 saturated heterocycles. The van der Waals surface area contributed by atoms with E-state index in [0.29, 0.717) is 0 Å². The van der Waals surface area contributed by atoms with Crippen molar-refractivity contribution in [1.82, 2.24) is 0 Å². The molecule has 250 valence electrons. The summed E-state index contributed by atoms with van der Waals surface area (Å²) in [4.78, 5) is 0. The third kappa shape index (κ3) is 4.11. The largest absolute Gasteiger partial charge is 0.456 e. The predicted molar refractivity (Wildman–Crippen MR) is 227 cm³/mol. The van der Waals surface area contributed by atoms with Crippen molar-refractivity contribution >= 4 is 87.0 Å². The van der Waals surface area contributed by atoms with Crippen molar-refractivity contribution in [3.05, 3.63) is 182 Å². The van der Waals surface area contributed by atoms with E-state index in [2.05, 4.69) is 170 Å². The second-order valence-electron chi connectivity index (χ2n) is 14.3. The Balaban J connectivity index is 1.28. The standard InChI is InChI=1S/C52H30O2/c1-2-14-32-31(13-1)29-45(34-16-4-3-15-33(32)34)50-39-21-9-19-35(37-23-11-27-48-51(37)41-17-5-7-25-46(41)53-48)43(39)30-44-36(20-10-22-40(44)50)38-24-12-28-49-52(38)42-18-6-8-26-47(42)54-49/h1-30H.